The van der Waals surface area contributed by atoms with Crippen molar-refractivity contribution >= 4 is 41.1 Å². The summed E-state index contributed by atoms with van der Waals surface area (Å²) in [5, 5.41) is 18.6. The molecule has 0 spiro atoms. The molecule has 11 heteroatoms. The van der Waals surface area contributed by atoms with E-state index >= 15 is 0 Å². The summed E-state index contributed by atoms with van der Waals surface area (Å²) in [4.78, 5) is 46.6. The molecular formula is C29H38N6O4S. The molecule has 2 aromatic rings. The molecule has 40 heavy (non-hydrogen) atoms. The van der Waals surface area contributed by atoms with Gasteiger partial charge in [0.1, 0.15) is 4.88 Å². The smallest absolute Gasteiger partial charge is 0.307 e. The normalized spacial score (nSPS) is 12.2. The lowest BCUT2D eigenvalue weighted by atomic mass is 10.1. The van der Waals surface area contributed by atoms with Crippen molar-refractivity contribution in [2.45, 2.75) is 53.0 Å². The fourth-order valence-electron chi connectivity index (χ4n) is 3.79. The molecule has 1 aromatic carbocycles. The third kappa shape index (κ3) is 10.5. The van der Waals surface area contributed by atoms with Crippen LogP contribution in [-0.4, -0.2) is 67.2 Å². The van der Waals surface area contributed by atoms with Gasteiger partial charge in [-0.25, -0.2) is 10.3 Å². The number of nitrogens with zero attached hydrogens (tertiary/aromatic N) is 5. The zero-order valence-electron chi connectivity index (χ0n) is 23.7. The van der Waals surface area contributed by atoms with Gasteiger partial charge in [0.05, 0.1) is 41.6 Å². The van der Waals surface area contributed by atoms with E-state index in [9.17, 15) is 19.6 Å². The van der Waals surface area contributed by atoms with Crippen LogP contribution < -0.4 is 5.32 Å². The van der Waals surface area contributed by atoms with E-state index in [0.29, 0.717) is 21.0 Å². The Morgan fingerprint density at radius 2 is 1.88 bits per heavy atom. The molecule has 0 atom stereocenters. The number of benzene rings is 1. The first-order valence-corrected chi connectivity index (χ1v) is 14.1. The van der Waals surface area contributed by atoms with Crippen molar-refractivity contribution in [1.29, 1.82) is 10.5 Å². The molecule has 0 bridgehead atoms. The van der Waals surface area contributed by atoms with Crippen molar-refractivity contribution in [2.75, 3.05) is 33.3 Å². The summed E-state index contributed by atoms with van der Waals surface area (Å²) < 4.78 is 4.88. The van der Waals surface area contributed by atoms with Gasteiger partial charge in [-0.3, -0.25) is 14.4 Å². The molecule has 0 aliphatic carbocycles. The predicted octanol–water partition coefficient (Wildman–Crippen LogP) is 4.89. The van der Waals surface area contributed by atoms with Crippen LogP contribution in [0.5, 0.6) is 0 Å². The van der Waals surface area contributed by atoms with Gasteiger partial charge in [0, 0.05) is 39.8 Å². The van der Waals surface area contributed by atoms with E-state index in [1.807, 2.05) is 26.0 Å². The summed E-state index contributed by atoms with van der Waals surface area (Å²) in [6.45, 7) is 11.7. The van der Waals surface area contributed by atoms with Crippen LogP contribution in [0.25, 0.3) is 0 Å². The quantitative estimate of drug-likeness (QED) is 0.245. The van der Waals surface area contributed by atoms with E-state index in [1.54, 1.807) is 38.5 Å². The fourth-order valence-corrected chi connectivity index (χ4v) is 4.80. The topological polar surface area (TPSA) is 139 Å². The summed E-state index contributed by atoms with van der Waals surface area (Å²) in [7, 11) is 1.66. The SMILES string of the molecule is C#N.CC.CCOC(=O)CCNC(=O)c1cc(N=CN2CCCCC2)c(C(=O)N(C)Cc2ccccc2C#N)s1. The van der Waals surface area contributed by atoms with Crippen molar-refractivity contribution in [3.8, 4) is 12.6 Å². The van der Waals surface area contributed by atoms with Gasteiger partial charge in [-0.05, 0) is 43.9 Å². The monoisotopic (exact) mass is 566 g/mol. The van der Waals surface area contributed by atoms with Gasteiger partial charge in [-0.15, -0.1) is 11.3 Å². The molecular weight excluding hydrogens is 528 g/mol. The van der Waals surface area contributed by atoms with Crippen LogP contribution in [0.1, 0.15) is 76.9 Å². The van der Waals surface area contributed by atoms with Crippen LogP contribution in [0.4, 0.5) is 5.69 Å². The number of piperidine rings is 1. The number of carbonyl (C=O) groups is 3. The number of aliphatic imine (C=N–C) groups is 1. The van der Waals surface area contributed by atoms with Crippen LogP contribution >= 0.6 is 11.3 Å². The fraction of sp³-hybridized carbons (Fsp3) is 0.448. The molecule has 1 aromatic heterocycles. The minimum Gasteiger partial charge on any atom is -0.466 e. The molecule has 214 valence electrons. The van der Waals surface area contributed by atoms with Gasteiger partial charge in [0.2, 0.25) is 0 Å². The first-order valence-electron chi connectivity index (χ1n) is 13.3. The summed E-state index contributed by atoms with van der Waals surface area (Å²) in [5.41, 5.74) is 1.67. The Balaban J connectivity index is 0.00000191. The Hall–Kier alpha value is -4.22. The zero-order valence-corrected chi connectivity index (χ0v) is 24.5. The third-order valence-corrected chi connectivity index (χ3v) is 6.80. The molecule has 1 N–H and O–H groups in total. The van der Waals surface area contributed by atoms with E-state index in [0.717, 1.165) is 42.8 Å². The Bertz CT molecular complexity index is 1190. The number of esters is 1. The molecule has 10 nitrogen and oxygen atoms in total. The Morgan fingerprint density at radius 1 is 1.20 bits per heavy atom. The summed E-state index contributed by atoms with van der Waals surface area (Å²) >= 11 is 1.06. The molecule has 1 fully saturated rings. The molecule has 0 saturated carbocycles. The molecule has 1 aliphatic rings. The highest BCUT2D eigenvalue weighted by molar-refractivity contribution is 7.16. The molecule has 1 saturated heterocycles. The number of nitrogens with one attached hydrogen (secondary N) is 1. The highest BCUT2D eigenvalue weighted by atomic mass is 32.1. The highest BCUT2D eigenvalue weighted by Gasteiger charge is 2.23. The lowest BCUT2D eigenvalue weighted by molar-refractivity contribution is -0.142. The second kappa shape index (κ2) is 18.9. The standard InChI is InChI=1S/C26H31N5O4S.C2H6.CHN/c1-3-35-23(32)11-12-28-25(33)22-15-21(29-18-31-13-7-4-8-14-31)24(36-22)26(34)30(2)17-20-10-6-5-9-19(20)16-27;2*1-2/h5-6,9-10,15,18H,3-4,7-8,11-14,17H2,1-2H3,(H,28,33);1-2H3;1H. The number of likely N-dealkylation sites (tertiary alicyclic amines) is 1. The van der Waals surface area contributed by atoms with Gasteiger partial charge in [0.25, 0.3) is 11.8 Å². The van der Waals surface area contributed by atoms with Crippen LogP contribution in [-0.2, 0) is 16.1 Å². The number of amides is 2. The number of carbonyl (C=O) groups excluding carboxylic acids is 3. The first-order chi connectivity index (χ1) is 19.4. The number of nitriles is 2. The van der Waals surface area contributed by atoms with Crippen LogP contribution in [0.3, 0.4) is 0 Å². The number of thiophene rings is 1. The number of hydrogen-bond donors (Lipinski definition) is 1. The van der Waals surface area contributed by atoms with Crippen molar-refractivity contribution in [3.63, 3.8) is 0 Å². The van der Waals surface area contributed by atoms with E-state index in [4.69, 9.17) is 10.00 Å². The second-order valence-corrected chi connectivity index (χ2v) is 9.46. The third-order valence-electron chi connectivity index (χ3n) is 5.69. The van der Waals surface area contributed by atoms with Gasteiger partial charge < -0.3 is 19.9 Å². The lowest BCUT2D eigenvalue weighted by Crippen LogP contribution is -2.28. The maximum atomic E-state index is 13.4. The largest absolute Gasteiger partial charge is 0.466 e. The van der Waals surface area contributed by atoms with Gasteiger partial charge >= 0.3 is 5.97 Å². The molecule has 0 unspecified atom stereocenters. The van der Waals surface area contributed by atoms with Crippen molar-refractivity contribution in [1.82, 2.24) is 15.1 Å². The lowest BCUT2D eigenvalue weighted by Gasteiger charge is -2.23. The average Bonchev–Trinajstić information content (AvgIpc) is 3.43. The molecule has 0 radical (unpaired) electrons. The summed E-state index contributed by atoms with van der Waals surface area (Å²) in [5.74, 6) is -1.05. The molecule has 2 amide bonds. The molecule has 1 aliphatic heterocycles. The van der Waals surface area contributed by atoms with Gasteiger partial charge in [-0.1, -0.05) is 32.0 Å². The molecule has 3 rings (SSSR count). The predicted molar refractivity (Wildman–Crippen MR) is 156 cm³/mol. The Labute approximate surface area is 240 Å². The average molecular weight is 567 g/mol. The van der Waals surface area contributed by atoms with Crippen LogP contribution in [0.15, 0.2) is 35.3 Å². The summed E-state index contributed by atoms with van der Waals surface area (Å²) in [6.07, 6.45) is 5.19. The second-order valence-electron chi connectivity index (χ2n) is 8.41. The minimum absolute atomic E-state index is 0.0672. The van der Waals surface area contributed by atoms with Crippen LogP contribution in [0, 0.1) is 23.2 Å². The maximum Gasteiger partial charge on any atom is 0.307 e. The Morgan fingerprint density at radius 3 is 2.52 bits per heavy atom. The van der Waals surface area contributed by atoms with E-state index < -0.39 is 0 Å². The summed E-state index contributed by atoms with van der Waals surface area (Å²) in [6, 6.07) is 10.9. The number of rotatable bonds is 10. The highest BCUT2D eigenvalue weighted by Crippen LogP contribution is 2.31. The van der Waals surface area contributed by atoms with E-state index in [1.165, 1.54) is 11.3 Å². The van der Waals surface area contributed by atoms with Crippen molar-refractivity contribution < 1.29 is 19.1 Å². The number of ether oxygens (including phenoxy) is 1. The first kappa shape index (κ1) is 33.8. The van der Waals surface area contributed by atoms with Crippen molar-refractivity contribution in [2.24, 2.45) is 4.99 Å². The molecule has 2 heterocycles. The number of hydrogen-bond acceptors (Lipinski definition) is 8. The van der Waals surface area contributed by atoms with Crippen molar-refractivity contribution in [3.05, 3.63) is 51.2 Å². The minimum atomic E-state index is -0.383. The van der Waals surface area contributed by atoms with E-state index in [-0.39, 0.29) is 43.9 Å². The van der Waals surface area contributed by atoms with Crippen LogP contribution in [0.2, 0.25) is 0 Å². The van der Waals surface area contributed by atoms with E-state index in [2.05, 4.69) is 27.9 Å². The van der Waals surface area contributed by atoms with Gasteiger partial charge in [-0.2, -0.15) is 5.26 Å². The van der Waals surface area contributed by atoms with Gasteiger partial charge in [0.15, 0.2) is 0 Å². The zero-order chi connectivity index (χ0) is 29.9. The Kier molecular flexibility index (Phi) is 16.0. The maximum absolute atomic E-state index is 13.4.